The molecule has 1 aromatic heterocycles. The molecule has 1 heterocycles. The number of aryl methyl sites for hydroxylation is 1. The number of benzene rings is 1. The molecule has 2 rings (SSSR count). The molecule has 2 aromatic rings. The van der Waals surface area contributed by atoms with Crippen LogP contribution >= 0.6 is 0 Å². The Labute approximate surface area is 119 Å². The quantitative estimate of drug-likeness (QED) is 0.844. The summed E-state index contributed by atoms with van der Waals surface area (Å²) < 4.78 is 5.41. The van der Waals surface area contributed by atoms with E-state index in [2.05, 4.69) is 27.5 Å². The lowest BCUT2D eigenvalue weighted by molar-refractivity contribution is 0.417. The smallest absolute Gasteiger partial charge is 0.227 e. The second-order valence-corrected chi connectivity index (χ2v) is 4.49. The SMILES string of the molecule is CCCNc1ccc(Nc2nccc(C)n2)c(OC)c1. The van der Waals surface area contributed by atoms with Crippen molar-refractivity contribution < 1.29 is 4.74 Å². The summed E-state index contributed by atoms with van der Waals surface area (Å²) in [4.78, 5) is 8.51. The summed E-state index contributed by atoms with van der Waals surface area (Å²) in [6, 6.07) is 7.80. The Balaban J connectivity index is 2.19. The highest BCUT2D eigenvalue weighted by Crippen LogP contribution is 2.29. The second kappa shape index (κ2) is 6.75. The molecule has 0 radical (unpaired) electrons. The molecule has 0 fully saturated rings. The van der Waals surface area contributed by atoms with E-state index in [1.54, 1.807) is 13.3 Å². The number of hydrogen-bond donors (Lipinski definition) is 2. The van der Waals surface area contributed by atoms with Crippen molar-refractivity contribution in [1.29, 1.82) is 0 Å². The van der Waals surface area contributed by atoms with Gasteiger partial charge in [0.05, 0.1) is 12.8 Å². The van der Waals surface area contributed by atoms with Crippen LogP contribution < -0.4 is 15.4 Å². The van der Waals surface area contributed by atoms with Crippen LogP contribution in [0.15, 0.2) is 30.5 Å². The summed E-state index contributed by atoms with van der Waals surface area (Å²) in [6.07, 6.45) is 2.81. The summed E-state index contributed by atoms with van der Waals surface area (Å²) >= 11 is 0. The summed E-state index contributed by atoms with van der Waals surface area (Å²) in [5.74, 6) is 1.33. The van der Waals surface area contributed by atoms with Gasteiger partial charge in [-0.2, -0.15) is 0 Å². The molecule has 0 atom stereocenters. The fourth-order valence-corrected chi connectivity index (χ4v) is 1.80. The van der Waals surface area contributed by atoms with E-state index in [-0.39, 0.29) is 0 Å². The van der Waals surface area contributed by atoms with Gasteiger partial charge >= 0.3 is 0 Å². The van der Waals surface area contributed by atoms with E-state index in [0.717, 1.165) is 35.8 Å². The van der Waals surface area contributed by atoms with Gasteiger partial charge in [0.2, 0.25) is 5.95 Å². The van der Waals surface area contributed by atoms with E-state index in [9.17, 15) is 0 Å². The first kappa shape index (κ1) is 14.1. The molecule has 5 nitrogen and oxygen atoms in total. The molecule has 0 saturated heterocycles. The molecule has 0 bridgehead atoms. The van der Waals surface area contributed by atoms with Gasteiger partial charge in [0.15, 0.2) is 0 Å². The van der Waals surface area contributed by atoms with E-state index in [4.69, 9.17) is 4.74 Å². The van der Waals surface area contributed by atoms with Gasteiger partial charge in [-0.15, -0.1) is 0 Å². The van der Waals surface area contributed by atoms with Gasteiger partial charge in [0.25, 0.3) is 0 Å². The van der Waals surface area contributed by atoms with Gasteiger partial charge in [-0.1, -0.05) is 6.92 Å². The zero-order chi connectivity index (χ0) is 14.4. The maximum atomic E-state index is 5.41. The fourth-order valence-electron chi connectivity index (χ4n) is 1.80. The largest absolute Gasteiger partial charge is 0.494 e. The molecule has 0 amide bonds. The lowest BCUT2D eigenvalue weighted by Crippen LogP contribution is -2.02. The first-order valence-electron chi connectivity index (χ1n) is 6.71. The minimum atomic E-state index is 0.567. The molecule has 106 valence electrons. The normalized spacial score (nSPS) is 10.2. The number of methoxy groups -OCH3 is 1. The number of nitrogens with one attached hydrogen (secondary N) is 2. The summed E-state index contributed by atoms with van der Waals surface area (Å²) in [5, 5.41) is 6.50. The average molecular weight is 272 g/mol. The van der Waals surface area contributed by atoms with Crippen LogP contribution in [-0.2, 0) is 0 Å². The number of anilines is 3. The Kier molecular flexibility index (Phi) is 4.76. The molecule has 0 aliphatic rings. The zero-order valence-electron chi connectivity index (χ0n) is 12.1. The first-order valence-corrected chi connectivity index (χ1v) is 6.71. The van der Waals surface area contributed by atoms with Crippen LogP contribution in [0.5, 0.6) is 5.75 Å². The van der Waals surface area contributed by atoms with E-state index in [1.165, 1.54) is 0 Å². The minimum absolute atomic E-state index is 0.567. The number of ether oxygens (including phenoxy) is 1. The maximum absolute atomic E-state index is 5.41. The number of rotatable bonds is 6. The summed E-state index contributed by atoms with van der Waals surface area (Å²) in [6.45, 7) is 5.01. The Bertz CT molecular complexity index is 572. The second-order valence-electron chi connectivity index (χ2n) is 4.49. The van der Waals surface area contributed by atoms with Crippen molar-refractivity contribution in [1.82, 2.24) is 9.97 Å². The molecular weight excluding hydrogens is 252 g/mol. The number of aromatic nitrogens is 2. The van der Waals surface area contributed by atoms with Crippen LogP contribution in [0.1, 0.15) is 19.0 Å². The average Bonchev–Trinajstić information content (AvgIpc) is 2.46. The van der Waals surface area contributed by atoms with Crippen LogP contribution in [0, 0.1) is 6.92 Å². The lowest BCUT2D eigenvalue weighted by atomic mass is 10.2. The van der Waals surface area contributed by atoms with E-state index in [0.29, 0.717) is 5.95 Å². The van der Waals surface area contributed by atoms with Gasteiger partial charge in [-0.25, -0.2) is 9.97 Å². The fraction of sp³-hybridized carbons (Fsp3) is 0.333. The van der Waals surface area contributed by atoms with Crippen molar-refractivity contribution in [3.8, 4) is 5.75 Å². The van der Waals surface area contributed by atoms with Crippen LogP contribution in [0.25, 0.3) is 0 Å². The predicted molar refractivity (Wildman–Crippen MR) is 81.8 cm³/mol. The lowest BCUT2D eigenvalue weighted by Gasteiger charge is -2.12. The number of nitrogens with zero attached hydrogens (tertiary/aromatic N) is 2. The third-order valence-corrected chi connectivity index (χ3v) is 2.82. The van der Waals surface area contributed by atoms with E-state index >= 15 is 0 Å². The highest BCUT2D eigenvalue weighted by Gasteiger charge is 2.06. The summed E-state index contributed by atoms with van der Waals surface area (Å²) in [5.41, 5.74) is 2.81. The van der Waals surface area contributed by atoms with Gasteiger partial charge in [-0.3, -0.25) is 0 Å². The molecule has 2 N–H and O–H groups in total. The molecule has 5 heteroatoms. The van der Waals surface area contributed by atoms with Crippen LogP contribution in [-0.4, -0.2) is 23.6 Å². The zero-order valence-corrected chi connectivity index (χ0v) is 12.1. The minimum Gasteiger partial charge on any atom is -0.494 e. The molecular formula is C15H20N4O. The van der Waals surface area contributed by atoms with E-state index in [1.807, 2.05) is 31.2 Å². The Morgan fingerprint density at radius 1 is 1.25 bits per heavy atom. The van der Waals surface area contributed by atoms with Gasteiger partial charge in [-0.05, 0) is 31.5 Å². The number of hydrogen-bond acceptors (Lipinski definition) is 5. The summed E-state index contributed by atoms with van der Waals surface area (Å²) in [7, 11) is 1.65. The molecule has 20 heavy (non-hydrogen) atoms. The highest BCUT2D eigenvalue weighted by molar-refractivity contribution is 5.67. The maximum Gasteiger partial charge on any atom is 0.227 e. The molecule has 0 aliphatic heterocycles. The monoisotopic (exact) mass is 272 g/mol. The van der Waals surface area contributed by atoms with Gasteiger partial charge in [0.1, 0.15) is 5.75 Å². The molecule has 0 unspecified atom stereocenters. The van der Waals surface area contributed by atoms with Gasteiger partial charge < -0.3 is 15.4 Å². The van der Waals surface area contributed by atoms with Crippen LogP contribution in [0.3, 0.4) is 0 Å². The Morgan fingerprint density at radius 2 is 2.10 bits per heavy atom. The van der Waals surface area contributed by atoms with Crippen molar-refractivity contribution in [2.24, 2.45) is 0 Å². The molecule has 0 spiro atoms. The standard InChI is InChI=1S/C15H20N4O/c1-4-8-16-12-5-6-13(14(10-12)20-3)19-15-17-9-7-11(2)18-15/h5-7,9-10,16H,4,8H2,1-3H3,(H,17,18,19). The van der Waals surface area contributed by atoms with E-state index < -0.39 is 0 Å². The van der Waals surface area contributed by atoms with Crippen LogP contribution in [0.4, 0.5) is 17.3 Å². The van der Waals surface area contributed by atoms with Crippen molar-refractivity contribution >= 4 is 17.3 Å². The predicted octanol–water partition coefficient (Wildman–Crippen LogP) is 3.36. The molecule has 1 aromatic carbocycles. The Morgan fingerprint density at radius 3 is 2.80 bits per heavy atom. The third-order valence-electron chi connectivity index (χ3n) is 2.82. The van der Waals surface area contributed by atoms with Gasteiger partial charge in [0, 0.05) is 30.2 Å². The Hall–Kier alpha value is -2.30. The van der Waals surface area contributed by atoms with Crippen molar-refractivity contribution in [3.63, 3.8) is 0 Å². The topological polar surface area (TPSA) is 59.1 Å². The van der Waals surface area contributed by atoms with Crippen molar-refractivity contribution in [3.05, 3.63) is 36.2 Å². The molecule has 0 aliphatic carbocycles. The molecule has 0 saturated carbocycles. The first-order chi connectivity index (χ1) is 9.72. The van der Waals surface area contributed by atoms with Crippen molar-refractivity contribution in [2.75, 3.05) is 24.3 Å². The highest BCUT2D eigenvalue weighted by atomic mass is 16.5. The van der Waals surface area contributed by atoms with Crippen LogP contribution in [0.2, 0.25) is 0 Å². The van der Waals surface area contributed by atoms with Crippen molar-refractivity contribution in [2.45, 2.75) is 20.3 Å². The third kappa shape index (κ3) is 3.60.